The molecule has 1 N–H and O–H groups in total. The van der Waals surface area contributed by atoms with E-state index in [1.807, 2.05) is 18.2 Å². The van der Waals surface area contributed by atoms with Crippen LogP contribution in [0, 0.1) is 11.3 Å². The van der Waals surface area contributed by atoms with Gasteiger partial charge in [-0.05, 0) is 30.5 Å². The zero-order valence-electron chi connectivity index (χ0n) is 10.2. The van der Waals surface area contributed by atoms with E-state index < -0.39 is 5.97 Å². The van der Waals surface area contributed by atoms with E-state index in [1.54, 1.807) is 6.07 Å². The number of aliphatic carboxylic acids is 1. The molecule has 0 amide bonds. The molecular weight excluding hydrogens is 228 g/mol. The third-order valence-electron chi connectivity index (χ3n) is 3.12. The van der Waals surface area contributed by atoms with Gasteiger partial charge in [0.25, 0.3) is 0 Å². The highest BCUT2D eigenvalue weighted by Crippen LogP contribution is 2.28. The van der Waals surface area contributed by atoms with Crippen LogP contribution in [0.25, 0.3) is 0 Å². The fraction of sp³-hybridized carbons (Fsp3) is 0.429. The molecule has 0 spiro atoms. The van der Waals surface area contributed by atoms with Gasteiger partial charge in [-0.3, -0.25) is 9.69 Å². The second-order valence-corrected chi connectivity index (χ2v) is 4.66. The van der Waals surface area contributed by atoms with Crippen LogP contribution in [0.5, 0.6) is 0 Å². The van der Waals surface area contributed by atoms with E-state index in [4.69, 9.17) is 10.4 Å². The van der Waals surface area contributed by atoms with Gasteiger partial charge in [-0.25, -0.2) is 0 Å². The minimum atomic E-state index is -0.758. The molecule has 0 radical (unpaired) electrons. The number of carboxylic acids is 1. The summed E-state index contributed by atoms with van der Waals surface area (Å²) in [5.41, 5.74) is 1.73. The monoisotopic (exact) mass is 244 g/mol. The molecule has 1 aromatic rings. The van der Waals surface area contributed by atoms with Crippen LogP contribution < -0.4 is 0 Å². The molecule has 0 bridgehead atoms. The summed E-state index contributed by atoms with van der Waals surface area (Å²) in [5, 5.41) is 17.6. The lowest BCUT2D eigenvalue weighted by Crippen LogP contribution is -2.28. The molecule has 1 fully saturated rings. The largest absolute Gasteiger partial charge is 0.481 e. The Hall–Kier alpha value is -1.86. The molecule has 4 nitrogen and oxygen atoms in total. The molecule has 0 heterocycles. The summed E-state index contributed by atoms with van der Waals surface area (Å²) >= 11 is 0. The number of hydrogen-bond acceptors (Lipinski definition) is 3. The Morgan fingerprint density at radius 3 is 2.89 bits per heavy atom. The molecular formula is C14H16N2O2. The number of carbonyl (C=O) groups is 1. The van der Waals surface area contributed by atoms with Crippen LogP contribution in [0.2, 0.25) is 0 Å². The molecule has 1 aromatic carbocycles. The lowest BCUT2D eigenvalue weighted by atomic mass is 10.1. The van der Waals surface area contributed by atoms with E-state index in [0.717, 1.165) is 24.9 Å². The van der Waals surface area contributed by atoms with Crippen LogP contribution in [0.3, 0.4) is 0 Å². The molecule has 0 unspecified atom stereocenters. The van der Waals surface area contributed by atoms with Gasteiger partial charge in [0.2, 0.25) is 0 Å². The molecule has 1 aliphatic carbocycles. The van der Waals surface area contributed by atoms with Crippen molar-refractivity contribution in [2.75, 3.05) is 6.54 Å². The summed E-state index contributed by atoms with van der Waals surface area (Å²) < 4.78 is 0. The average Bonchev–Trinajstić information content (AvgIpc) is 3.18. The van der Waals surface area contributed by atoms with E-state index >= 15 is 0 Å². The third kappa shape index (κ3) is 3.57. The van der Waals surface area contributed by atoms with Crippen LogP contribution in [0.1, 0.15) is 30.4 Å². The van der Waals surface area contributed by atoms with Crippen molar-refractivity contribution in [1.82, 2.24) is 4.90 Å². The van der Waals surface area contributed by atoms with Crippen LogP contribution in [-0.4, -0.2) is 28.6 Å². The molecule has 0 aromatic heterocycles. The summed E-state index contributed by atoms with van der Waals surface area (Å²) in [5.74, 6) is -0.758. The lowest BCUT2D eigenvalue weighted by Gasteiger charge is -2.21. The Labute approximate surface area is 106 Å². The van der Waals surface area contributed by atoms with Crippen molar-refractivity contribution in [3.05, 3.63) is 35.4 Å². The average molecular weight is 244 g/mol. The number of nitriles is 1. The first-order valence-corrected chi connectivity index (χ1v) is 6.14. The first-order valence-electron chi connectivity index (χ1n) is 6.14. The van der Waals surface area contributed by atoms with Crippen molar-refractivity contribution in [3.8, 4) is 6.07 Å². The topological polar surface area (TPSA) is 64.3 Å². The normalized spacial score (nSPS) is 14.4. The summed E-state index contributed by atoms with van der Waals surface area (Å²) in [6.07, 6.45) is 2.48. The van der Waals surface area contributed by atoms with Crippen LogP contribution in [0.4, 0.5) is 0 Å². The van der Waals surface area contributed by atoms with E-state index in [2.05, 4.69) is 11.0 Å². The Balaban J connectivity index is 1.99. The van der Waals surface area contributed by atoms with E-state index in [0.29, 0.717) is 18.2 Å². The Kier molecular flexibility index (Phi) is 3.96. The van der Waals surface area contributed by atoms with Gasteiger partial charge in [0.1, 0.15) is 0 Å². The number of rotatable bonds is 6. The maximum absolute atomic E-state index is 10.6. The SMILES string of the molecule is N#Cc1cccc(CN(CCC(=O)O)C2CC2)c1. The second kappa shape index (κ2) is 5.65. The molecule has 4 heteroatoms. The molecule has 1 aliphatic rings. The van der Waals surface area contributed by atoms with Crippen LogP contribution in [0.15, 0.2) is 24.3 Å². The van der Waals surface area contributed by atoms with E-state index in [9.17, 15) is 4.79 Å². The van der Waals surface area contributed by atoms with Gasteiger partial charge >= 0.3 is 5.97 Å². The smallest absolute Gasteiger partial charge is 0.304 e. The maximum atomic E-state index is 10.6. The van der Waals surface area contributed by atoms with Gasteiger partial charge in [0, 0.05) is 19.1 Å². The molecule has 0 aliphatic heterocycles. The van der Waals surface area contributed by atoms with Gasteiger partial charge in [0.15, 0.2) is 0 Å². The number of hydrogen-bond donors (Lipinski definition) is 1. The summed E-state index contributed by atoms with van der Waals surface area (Å²) in [7, 11) is 0. The van der Waals surface area contributed by atoms with Gasteiger partial charge < -0.3 is 5.11 Å². The van der Waals surface area contributed by atoms with E-state index in [-0.39, 0.29) is 6.42 Å². The number of nitrogens with zero attached hydrogens (tertiary/aromatic N) is 2. The van der Waals surface area contributed by atoms with Crippen molar-refractivity contribution < 1.29 is 9.90 Å². The van der Waals surface area contributed by atoms with Gasteiger partial charge in [0.05, 0.1) is 18.1 Å². The van der Waals surface area contributed by atoms with Crippen molar-refractivity contribution in [1.29, 1.82) is 5.26 Å². The maximum Gasteiger partial charge on any atom is 0.304 e. The quantitative estimate of drug-likeness (QED) is 0.831. The zero-order chi connectivity index (χ0) is 13.0. The molecule has 2 rings (SSSR count). The highest BCUT2D eigenvalue weighted by molar-refractivity contribution is 5.66. The standard InChI is InChI=1S/C14H16N2O2/c15-9-11-2-1-3-12(8-11)10-16(13-4-5-13)7-6-14(17)18/h1-3,8,13H,4-7,10H2,(H,17,18). The molecule has 94 valence electrons. The first-order chi connectivity index (χ1) is 8.69. The Bertz CT molecular complexity index is 475. The van der Waals surface area contributed by atoms with Crippen molar-refractivity contribution in [2.45, 2.75) is 31.8 Å². The fourth-order valence-corrected chi connectivity index (χ4v) is 2.04. The fourth-order valence-electron chi connectivity index (χ4n) is 2.04. The van der Waals surface area contributed by atoms with Gasteiger partial charge in [-0.2, -0.15) is 5.26 Å². The Morgan fingerprint density at radius 1 is 1.50 bits per heavy atom. The third-order valence-corrected chi connectivity index (χ3v) is 3.12. The summed E-state index contributed by atoms with van der Waals surface area (Å²) in [6, 6.07) is 10.2. The summed E-state index contributed by atoms with van der Waals surface area (Å²) in [6.45, 7) is 1.31. The molecule has 1 saturated carbocycles. The Morgan fingerprint density at radius 2 is 2.28 bits per heavy atom. The van der Waals surface area contributed by atoms with Crippen molar-refractivity contribution >= 4 is 5.97 Å². The predicted molar refractivity (Wildman–Crippen MR) is 66.8 cm³/mol. The van der Waals surface area contributed by atoms with E-state index in [1.165, 1.54) is 0 Å². The zero-order valence-corrected chi connectivity index (χ0v) is 10.2. The molecule has 18 heavy (non-hydrogen) atoms. The van der Waals surface area contributed by atoms with Gasteiger partial charge in [-0.15, -0.1) is 0 Å². The minimum absolute atomic E-state index is 0.175. The van der Waals surface area contributed by atoms with Gasteiger partial charge in [-0.1, -0.05) is 12.1 Å². The van der Waals surface area contributed by atoms with Crippen molar-refractivity contribution in [3.63, 3.8) is 0 Å². The second-order valence-electron chi connectivity index (χ2n) is 4.66. The number of benzene rings is 1. The molecule has 0 saturated heterocycles. The van der Waals surface area contributed by atoms with Crippen LogP contribution in [-0.2, 0) is 11.3 Å². The first kappa shape index (κ1) is 12.6. The highest BCUT2D eigenvalue weighted by Gasteiger charge is 2.28. The summed E-state index contributed by atoms with van der Waals surface area (Å²) in [4.78, 5) is 12.8. The number of carboxylic acid groups (broad SMARTS) is 1. The van der Waals surface area contributed by atoms with Crippen molar-refractivity contribution in [2.24, 2.45) is 0 Å². The molecule has 0 atom stereocenters. The predicted octanol–water partition coefficient (Wildman–Crippen LogP) is 2.00. The lowest BCUT2D eigenvalue weighted by molar-refractivity contribution is -0.137. The highest BCUT2D eigenvalue weighted by atomic mass is 16.4. The van der Waals surface area contributed by atoms with Crippen LogP contribution >= 0.6 is 0 Å². The minimum Gasteiger partial charge on any atom is -0.481 e.